The molecule has 2 N–H and O–H groups in total. The van der Waals surface area contributed by atoms with E-state index >= 15 is 0 Å². The van der Waals surface area contributed by atoms with Crippen molar-refractivity contribution in [1.82, 2.24) is 9.80 Å². The second kappa shape index (κ2) is 6.71. The van der Waals surface area contributed by atoms with E-state index in [1.165, 1.54) is 25.7 Å². The predicted octanol–water partition coefficient (Wildman–Crippen LogP) is 1.45. The van der Waals surface area contributed by atoms with Crippen molar-refractivity contribution in [2.75, 3.05) is 26.7 Å². The molecule has 2 fully saturated rings. The van der Waals surface area contributed by atoms with Crippen molar-refractivity contribution in [3.63, 3.8) is 0 Å². The van der Waals surface area contributed by atoms with Crippen LogP contribution in [-0.4, -0.2) is 54.5 Å². The lowest BCUT2D eigenvalue weighted by molar-refractivity contribution is -0.135. The van der Waals surface area contributed by atoms with Crippen molar-refractivity contribution in [3.8, 4) is 0 Å². The number of rotatable bonds is 3. The summed E-state index contributed by atoms with van der Waals surface area (Å²) in [6.07, 6.45) is 7.08. The van der Waals surface area contributed by atoms with Gasteiger partial charge in [0.05, 0.1) is 6.54 Å². The summed E-state index contributed by atoms with van der Waals surface area (Å²) < 4.78 is 0. The lowest BCUT2D eigenvalue weighted by Crippen LogP contribution is -2.49. The van der Waals surface area contributed by atoms with Crippen LogP contribution >= 0.6 is 0 Å². The van der Waals surface area contributed by atoms with E-state index in [1.807, 2.05) is 11.9 Å². The van der Waals surface area contributed by atoms with Gasteiger partial charge in [0, 0.05) is 32.2 Å². The molecule has 2 aliphatic rings. The van der Waals surface area contributed by atoms with Gasteiger partial charge in [0.25, 0.3) is 0 Å². The van der Waals surface area contributed by atoms with Crippen molar-refractivity contribution in [2.24, 2.45) is 11.7 Å². The number of hydrogen-bond donors (Lipinski definition) is 1. The SMILES string of the molecule is CC1CCCCC1N(C)C(=O)CN1CCC(N)CC1. The van der Waals surface area contributed by atoms with E-state index in [1.54, 1.807) is 0 Å². The van der Waals surface area contributed by atoms with Gasteiger partial charge in [-0.05, 0) is 31.6 Å². The van der Waals surface area contributed by atoms with Gasteiger partial charge in [0.1, 0.15) is 0 Å². The smallest absolute Gasteiger partial charge is 0.236 e. The molecule has 4 heteroatoms. The van der Waals surface area contributed by atoms with Crippen LogP contribution in [0.4, 0.5) is 0 Å². The molecule has 0 aromatic carbocycles. The number of hydrogen-bond acceptors (Lipinski definition) is 3. The second-order valence-electron chi connectivity index (χ2n) is 6.45. The van der Waals surface area contributed by atoms with E-state index in [0.717, 1.165) is 25.9 Å². The molecule has 110 valence electrons. The van der Waals surface area contributed by atoms with Crippen molar-refractivity contribution >= 4 is 5.91 Å². The number of likely N-dealkylation sites (N-methyl/N-ethyl adjacent to an activating group) is 1. The molecule has 0 aromatic rings. The predicted molar refractivity (Wildman–Crippen MR) is 77.8 cm³/mol. The zero-order valence-corrected chi connectivity index (χ0v) is 12.5. The largest absolute Gasteiger partial charge is 0.341 e. The quantitative estimate of drug-likeness (QED) is 0.842. The summed E-state index contributed by atoms with van der Waals surface area (Å²) in [7, 11) is 1.99. The zero-order chi connectivity index (χ0) is 13.8. The molecule has 2 rings (SSSR count). The average Bonchev–Trinajstić information content (AvgIpc) is 2.41. The van der Waals surface area contributed by atoms with Crippen LogP contribution in [0, 0.1) is 5.92 Å². The van der Waals surface area contributed by atoms with Crippen LogP contribution < -0.4 is 5.73 Å². The first kappa shape index (κ1) is 14.8. The Morgan fingerprint density at radius 2 is 1.84 bits per heavy atom. The third-order valence-corrected chi connectivity index (χ3v) is 4.95. The second-order valence-corrected chi connectivity index (χ2v) is 6.45. The van der Waals surface area contributed by atoms with Crippen LogP contribution in [0.2, 0.25) is 0 Å². The van der Waals surface area contributed by atoms with Crippen LogP contribution in [0.25, 0.3) is 0 Å². The lowest BCUT2D eigenvalue weighted by atomic mass is 9.85. The monoisotopic (exact) mass is 267 g/mol. The van der Waals surface area contributed by atoms with E-state index in [0.29, 0.717) is 24.5 Å². The highest BCUT2D eigenvalue weighted by Gasteiger charge is 2.29. The van der Waals surface area contributed by atoms with E-state index in [4.69, 9.17) is 5.73 Å². The standard InChI is InChI=1S/C15H29N3O/c1-12-5-3-4-6-14(12)17(2)15(19)11-18-9-7-13(16)8-10-18/h12-14H,3-11,16H2,1-2H3. The Balaban J connectivity index is 1.81. The Morgan fingerprint density at radius 3 is 2.47 bits per heavy atom. The molecule has 0 bridgehead atoms. The molecule has 1 heterocycles. The summed E-state index contributed by atoms with van der Waals surface area (Å²) in [4.78, 5) is 16.7. The molecule has 1 aliphatic heterocycles. The molecule has 2 unspecified atom stereocenters. The maximum atomic E-state index is 12.4. The normalized spacial score (nSPS) is 30.3. The minimum atomic E-state index is 0.286. The zero-order valence-electron chi connectivity index (χ0n) is 12.5. The van der Waals surface area contributed by atoms with E-state index in [-0.39, 0.29) is 5.91 Å². The molecule has 0 spiro atoms. The average molecular weight is 267 g/mol. The minimum Gasteiger partial charge on any atom is -0.341 e. The Bertz CT molecular complexity index is 300. The molecule has 0 radical (unpaired) electrons. The Kier molecular flexibility index (Phi) is 5.22. The number of piperidine rings is 1. The summed E-state index contributed by atoms with van der Waals surface area (Å²) in [6.45, 7) is 4.81. The highest BCUT2D eigenvalue weighted by Crippen LogP contribution is 2.27. The summed E-state index contributed by atoms with van der Waals surface area (Å²) in [6, 6.07) is 0.788. The van der Waals surface area contributed by atoms with Gasteiger partial charge in [0.2, 0.25) is 5.91 Å². The van der Waals surface area contributed by atoms with E-state index in [2.05, 4.69) is 11.8 Å². The summed E-state index contributed by atoms with van der Waals surface area (Å²) in [5.74, 6) is 0.937. The van der Waals surface area contributed by atoms with Gasteiger partial charge in [-0.3, -0.25) is 9.69 Å². The molecular weight excluding hydrogens is 238 g/mol. The first-order chi connectivity index (χ1) is 9.08. The molecule has 1 saturated carbocycles. The van der Waals surface area contributed by atoms with Crippen LogP contribution in [-0.2, 0) is 4.79 Å². The lowest BCUT2D eigenvalue weighted by Gasteiger charge is -2.38. The molecular formula is C15H29N3O. The molecule has 1 aliphatic carbocycles. The fourth-order valence-electron chi connectivity index (χ4n) is 3.47. The molecule has 2 atom stereocenters. The van der Waals surface area contributed by atoms with Crippen molar-refractivity contribution in [3.05, 3.63) is 0 Å². The number of likely N-dealkylation sites (tertiary alicyclic amines) is 1. The first-order valence-corrected chi connectivity index (χ1v) is 7.81. The maximum Gasteiger partial charge on any atom is 0.236 e. The number of nitrogens with two attached hydrogens (primary N) is 1. The highest BCUT2D eigenvalue weighted by atomic mass is 16.2. The summed E-state index contributed by atoms with van der Waals surface area (Å²) in [5.41, 5.74) is 5.90. The molecule has 1 amide bonds. The fraction of sp³-hybridized carbons (Fsp3) is 0.933. The summed E-state index contributed by atoms with van der Waals surface area (Å²) >= 11 is 0. The maximum absolute atomic E-state index is 12.4. The third-order valence-electron chi connectivity index (χ3n) is 4.95. The minimum absolute atomic E-state index is 0.286. The van der Waals surface area contributed by atoms with Crippen molar-refractivity contribution in [1.29, 1.82) is 0 Å². The van der Waals surface area contributed by atoms with Gasteiger partial charge in [0.15, 0.2) is 0 Å². The molecule has 1 saturated heterocycles. The van der Waals surface area contributed by atoms with Gasteiger partial charge in [-0.2, -0.15) is 0 Å². The van der Waals surface area contributed by atoms with Gasteiger partial charge in [-0.15, -0.1) is 0 Å². The topological polar surface area (TPSA) is 49.6 Å². The molecule has 19 heavy (non-hydrogen) atoms. The Hall–Kier alpha value is -0.610. The van der Waals surface area contributed by atoms with E-state index in [9.17, 15) is 4.79 Å². The van der Waals surface area contributed by atoms with Gasteiger partial charge < -0.3 is 10.6 Å². The first-order valence-electron chi connectivity index (χ1n) is 7.81. The number of carbonyl (C=O) groups is 1. The van der Waals surface area contributed by atoms with Gasteiger partial charge in [-0.25, -0.2) is 0 Å². The number of nitrogens with zero attached hydrogens (tertiary/aromatic N) is 2. The van der Waals surface area contributed by atoms with Crippen LogP contribution in [0.5, 0.6) is 0 Å². The van der Waals surface area contributed by atoms with Crippen molar-refractivity contribution < 1.29 is 4.79 Å². The fourth-order valence-corrected chi connectivity index (χ4v) is 3.47. The Morgan fingerprint density at radius 1 is 1.21 bits per heavy atom. The molecule has 0 aromatic heterocycles. The van der Waals surface area contributed by atoms with Crippen LogP contribution in [0.1, 0.15) is 45.4 Å². The molecule has 4 nitrogen and oxygen atoms in total. The highest BCUT2D eigenvalue weighted by molar-refractivity contribution is 5.78. The summed E-state index contributed by atoms with van der Waals surface area (Å²) in [5, 5.41) is 0. The van der Waals surface area contributed by atoms with E-state index < -0.39 is 0 Å². The third kappa shape index (κ3) is 3.93. The van der Waals surface area contributed by atoms with Gasteiger partial charge >= 0.3 is 0 Å². The van der Waals surface area contributed by atoms with Crippen molar-refractivity contribution in [2.45, 2.75) is 57.5 Å². The number of carbonyl (C=O) groups excluding carboxylic acids is 1. The Labute approximate surface area is 117 Å². The van der Waals surface area contributed by atoms with Crippen LogP contribution in [0.3, 0.4) is 0 Å². The van der Waals surface area contributed by atoms with Gasteiger partial charge in [-0.1, -0.05) is 19.8 Å². The van der Waals surface area contributed by atoms with Crippen LogP contribution in [0.15, 0.2) is 0 Å². The number of amides is 1.